The summed E-state index contributed by atoms with van der Waals surface area (Å²) < 4.78 is 0.903. The number of rotatable bonds is 4. The van der Waals surface area contributed by atoms with Crippen molar-refractivity contribution in [3.05, 3.63) is 33.8 Å². The van der Waals surface area contributed by atoms with Crippen LogP contribution in [0.15, 0.2) is 22.7 Å². The summed E-state index contributed by atoms with van der Waals surface area (Å²) in [6.07, 6.45) is 6.03. The molecule has 1 saturated heterocycles. The third-order valence-corrected chi connectivity index (χ3v) is 5.12. The Morgan fingerprint density at radius 2 is 2.14 bits per heavy atom. The first-order chi connectivity index (χ1) is 10.1. The molecule has 114 valence electrons. The lowest BCUT2D eigenvalue weighted by molar-refractivity contribution is 0.0717. The van der Waals surface area contributed by atoms with Crippen molar-refractivity contribution in [3.8, 4) is 0 Å². The van der Waals surface area contributed by atoms with E-state index in [1.165, 1.54) is 19.3 Å². The van der Waals surface area contributed by atoms with Gasteiger partial charge in [-0.2, -0.15) is 0 Å². The van der Waals surface area contributed by atoms with Crippen LogP contribution in [0.5, 0.6) is 0 Å². The third-order valence-electron chi connectivity index (χ3n) is 4.43. The van der Waals surface area contributed by atoms with Gasteiger partial charge in [-0.1, -0.05) is 18.1 Å². The van der Waals surface area contributed by atoms with E-state index in [1.54, 1.807) is 0 Å². The molecule has 1 amide bonds. The van der Waals surface area contributed by atoms with Crippen molar-refractivity contribution in [1.29, 1.82) is 0 Å². The van der Waals surface area contributed by atoms with Crippen LogP contribution in [0, 0.1) is 6.92 Å². The van der Waals surface area contributed by atoms with Gasteiger partial charge in [0.15, 0.2) is 0 Å². The highest BCUT2D eigenvalue weighted by Crippen LogP contribution is 2.31. The van der Waals surface area contributed by atoms with Crippen molar-refractivity contribution in [3.63, 3.8) is 0 Å². The molecule has 2 aliphatic rings. The first-order valence-corrected chi connectivity index (χ1v) is 8.75. The summed E-state index contributed by atoms with van der Waals surface area (Å²) in [5.74, 6) is 0.181. The van der Waals surface area contributed by atoms with Gasteiger partial charge in [0.1, 0.15) is 0 Å². The molecule has 1 N–H and O–H groups in total. The highest BCUT2D eigenvalue weighted by molar-refractivity contribution is 9.10. The maximum Gasteiger partial charge on any atom is 0.255 e. The fourth-order valence-corrected chi connectivity index (χ4v) is 3.48. The molecule has 1 aliphatic heterocycles. The summed E-state index contributed by atoms with van der Waals surface area (Å²) in [7, 11) is 0. The maximum absolute atomic E-state index is 12.9. The second kappa shape index (κ2) is 6.49. The van der Waals surface area contributed by atoms with Crippen molar-refractivity contribution in [2.24, 2.45) is 0 Å². The summed E-state index contributed by atoms with van der Waals surface area (Å²) in [5, 5.41) is 3.56. The van der Waals surface area contributed by atoms with Gasteiger partial charge in [-0.3, -0.25) is 4.79 Å². The molecule has 0 spiro atoms. The molecule has 1 unspecified atom stereocenters. The molecular weight excluding hydrogens is 328 g/mol. The number of nitrogens with one attached hydrogen (secondary N) is 1. The number of halogens is 1. The lowest BCUT2D eigenvalue weighted by atomic mass is 10.0. The Bertz CT molecular complexity index is 522. The molecule has 2 fully saturated rings. The highest BCUT2D eigenvalue weighted by atomic mass is 79.9. The molecule has 0 aromatic heterocycles. The molecule has 1 aliphatic carbocycles. The van der Waals surface area contributed by atoms with E-state index in [0.717, 1.165) is 41.5 Å². The molecule has 1 aromatic rings. The molecule has 21 heavy (non-hydrogen) atoms. The van der Waals surface area contributed by atoms with Crippen LogP contribution in [0.4, 0.5) is 0 Å². The largest absolute Gasteiger partial charge is 0.334 e. The zero-order valence-electron chi connectivity index (χ0n) is 12.6. The minimum Gasteiger partial charge on any atom is -0.334 e. The van der Waals surface area contributed by atoms with Gasteiger partial charge in [-0.15, -0.1) is 0 Å². The monoisotopic (exact) mass is 350 g/mol. The first kappa shape index (κ1) is 15.0. The minimum absolute atomic E-state index is 0.181. The Morgan fingerprint density at radius 3 is 2.81 bits per heavy atom. The number of carbonyl (C=O) groups excluding carboxylic acids is 1. The summed E-state index contributed by atoms with van der Waals surface area (Å²) in [4.78, 5) is 15.0. The van der Waals surface area contributed by atoms with Gasteiger partial charge in [-0.25, -0.2) is 0 Å². The molecule has 1 atom stereocenters. The number of hydrogen-bond donors (Lipinski definition) is 1. The van der Waals surface area contributed by atoms with E-state index in [0.29, 0.717) is 12.1 Å². The molecular formula is C17H23BrN2O. The smallest absolute Gasteiger partial charge is 0.255 e. The summed E-state index contributed by atoms with van der Waals surface area (Å²) in [5.41, 5.74) is 1.94. The molecule has 0 bridgehead atoms. The van der Waals surface area contributed by atoms with E-state index in [4.69, 9.17) is 0 Å². The van der Waals surface area contributed by atoms with Crippen LogP contribution in [0.2, 0.25) is 0 Å². The Labute approximate surface area is 135 Å². The lowest BCUT2D eigenvalue weighted by Crippen LogP contribution is -2.46. The van der Waals surface area contributed by atoms with Crippen LogP contribution in [0.1, 0.15) is 48.0 Å². The average molecular weight is 351 g/mol. The molecule has 1 saturated carbocycles. The van der Waals surface area contributed by atoms with Crippen molar-refractivity contribution in [2.45, 2.75) is 51.1 Å². The van der Waals surface area contributed by atoms with Crippen molar-refractivity contribution in [2.75, 3.05) is 13.1 Å². The Hall–Kier alpha value is -0.870. The number of carbonyl (C=O) groups is 1. The van der Waals surface area contributed by atoms with E-state index in [2.05, 4.69) is 26.1 Å². The molecule has 4 heteroatoms. The van der Waals surface area contributed by atoms with Gasteiger partial charge >= 0.3 is 0 Å². The second-order valence-corrected chi connectivity index (χ2v) is 7.17. The molecule has 1 aromatic carbocycles. The van der Waals surface area contributed by atoms with Crippen molar-refractivity contribution in [1.82, 2.24) is 10.2 Å². The highest BCUT2D eigenvalue weighted by Gasteiger charge is 2.35. The molecule has 1 heterocycles. The van der Waals surface area contributed by atoms with Gasteiger partial charge in [-0.05, 0) is 67.2 Å². The number of piperidine rings is 1. The predicted octanol–water partition coefficient (Wildman–Crippen LogP) is 3.50. The van der Waals surface area contributed by atoms with Gasteiger partial charge < -0.3 is 10.2 Å². The van der Waals surface area contributed by atoms with E-state index in [9.17, 15) is 4.79 Å². The van der Waals surface area contributed by atoms with Crippen LogP contribution in [-0.2, 0) is 0 Å². The summed E-state index contributed by atoms with van der Waals surface area (Å²) >= 11 is 3.53. The standard InChI is InChI=1S/C17H23BrN2O/c1-12-5-8-16(18)15(10-12)17(21)20(14-6-7-14)11-13-4-2-3-9-19-13/h5,8,10,13-14,19H,2-4,6-7,9,11H2,1H3. The topological polar surface area (TPSA) is 32.3 Å². The number of amides is 1. The summed E-state index contributed by atoms with van der Waals surface area (Å²) in [6.45, 7) is 3.97. The maximum atomic E-state index is 12.9. The summed E-state index contributed by atoms with van der Waals surface area (Å²) in [6, 6.07) is 6.92. The zero-order valence-corrected chi connectivity index (χ0v) is 14.2. The van der Waals surface area contributed by atoms with E-state index in [-0.39, 0.29) is 5.91 Å². The van der Waals surface area contributed by atoms with Crippen LogP contribution >= 0.6 is 15.9 Å². The van der Waals surface area contributed by atoms with Gasteiger partial charge in [0.05, 0.1) is 5.56 Å². The fourth-order valence-electron chi connectivity index (χ4n) is 3.06. The first-order valence-electron chi connectivity index (χ1n) is 7.95. The van der Waals surface area contributed by atoms with Crippen LogP contribution in [-0.4, -0.2) is 36.0 Å². The number of aryl methyl sites for hydroxylation is 1. The average Bonchev–Trinajstić information content (AvgIpc) is 3.32. The minimum atomic E-state index is 0.181. The molecule has 3 nitrogen and oxygen atoms in total. The SMILES string of the molecule is Cc1ccc(Br)c(C(=O)N(CC2CCCCN2)C2CC2)c1. The Morgan fingerprint density at radius 1 is 1.33 bits per heavy atom. The number of benzene rings is 1. The Kier molecular flexibility index (Phi) is 4.65. The van der Waals surface area contributed by atoms with E-state index < -0.39 is 0 Å². The second-order valence-electron chi connectivity index (χ2n) is 6.32. The lowest BCUT2D eigenvalue weighted by Gasteiger charge is -2.31. The van der Waals surface area contributed by atoms with Gasteiger partial charge in [0.2, 0.25) is 0 Å². The van der Waals surface area contributed by atoms with Crippen molar-refractivity contribution >= 4 is 21.8 Å². The fraction of sp³-hybridized carbons (Fsp3) is 0.588. The predicted molar refractivity (Wildman–Crippen MR) is 88.6 cm³/mol. The molecule has 3 rings (SSSR count). The van der Waals surface area contributed by atoms with Gasteiger partial charge in [0.25, 0.3) is 5.91 Å². The number of hydrogen-bond acceptors (Lipinski definition) is 2. The van der Waals surface area contributed by atoms with Gasteiger partial charge in [0, 0.05) is 23.1 Å². The van der Waals surface area contributed by atoms with Crippen molar-refractivity contribution < 1.29 is 4.79 Å². The van der Waals surface area contributed by atoms with Crippen LogP contribution in [0.25, 0.3) is 0 Å². The Balaban J connectivity index is 1.76. The zero-order chi connectivity index (χ0) is 14.8. The number of nitrogens with zero attached hydrogens (tertiary/aromatic N) is 1. The van der Waals surface area contributed by atoms with E-state index >= 15 is 0 Å². The normalized spacial score (nSPS) is 22.1. The third kappa shape index (κ3) is 3.67. The van der Waals surface area contributed by atoms with E-state index in [1.807, 2.05) is 25.1 Å². The van der Waals surface area contributed by atoms with Crippen LogP contribution in [0.3, 0.4) is 0 Å². The quantitative estimate of drug-likeness (QED) is 0.901. The van der Waals surface area contributed by atoms with Crippen LogP contribution < -0.4 is 5.32 Å². The molecule has 0 radical (unpaired) electrons.